The standard InChI is InChI=1S/C7H15NO5/c8-3-7(12)1-4(10)6(11)5(2-9)13-7/h4-6,9-12H,1-3,8H2/t4-,5-,6+,7-/m1/s1. The highest BCUT2D eigenvalue weighted by molar-refractivity contribution is 4.89. The minimum atomic E-state index is -1.65. The molecule has 6 heteroatoms. The Balaban J connectivity index is 2.68. The van der Waals surface area contributed by atoms with E-state index in [0.717, 1.165) is 0 Å². The van der Waals surface area contributed by atoms with Crippen molar-refractivity contribution >= 4 is 0 Å². The molecule has 4 atom stereocenters. The number of aliphatic hydroxyl groups excluding tert-OH is 3. The van der Waals surface area contributed by atoms with Crippen LogP contribution < -0.4 is 5.73 Å². The first kappa shape index (κ1) is 10.8. The van der Waals surface area contributed by atoms with Gasteiger partial charge in [-0.1, -0.05) is 0 Å². The van der Waals surface area contributed by atoms with Crippen molar-refractivity contribution in [2.75, 3.05) is 13.2 Å². The average molecular weight is 193 g/mol. The molecule has 1 aliphatic rings. The molecule has 0 spiro atoms. The van der Waals surface area contributed by atoms with Crippen LogP contribution in [0.4, 0.5) is 0 Å². The largest absolute Gasteiger partial charge is 0.394 e. The summed E-state index contributed by atoms with van der Waals surface area (Å²) in [6.07, 6.45) is -3.45. The van der Waals surface area contributed by atoms with Gasteiger partial charge in [-0.15, -0.1) is 0 Å². The normalized spacial score (nSPS) is 46.4. The zero-order valence-electron chi connectivity index (χ0n) is 7.13. The Labute approximate surface area is 75.6 Å². The highest BCUT2D eigenvalue weighted by Gasteiger charge is 2.43. The van der Waals surface area contributed by atoms with Crippen LogP contribution in [0.1, 0.15) is 6.42 Å². The maximum Gasteiger partial charge on any atom is 0.181 e. The Morgan fingerprint density at radius 3 is 2.54 bits per heavy atom. The molecule has 0 aliphatic carbocycles. The van der Waals surface area contributed by atoms with Gasteiger partial charge in [0.25, 0.3) is 0 Å². The molecule has 1 aliphatic heterocycles. The molecule has 0 saturated carbocycles. The number of hydrogen-bond donors (Lipinski definition) is 5. The predicted molar refractivity (Wildman–Crippen MR) is 42.6 cm³/mol. The lowest BCUT2D eigenvalue weighted by molar-refractivity contribution is -0.299. The molecule has 1 saturated heterocycles. The summed E-state index contributed by atoms with van der Waals surface area (Å²) in [5.41, 5.74) is 5.21. The maximum atomic E-state index is 9.54. The van der Waals surface area contributed by atoms with E-state index in [-0.39, 0.29) is 13.0 Å². The summed E-state index contributed by atoms with van der Waals surface area (Å²) in [7, 11) is 0. The van der Waals surface area contributed by atoms with Crippen LogP contribution in [0, 0.1) is 0 Å². The fraction of sp³-hybridized carbons (Fsp3) is 1.00. The number of aliphatic hydroxyl groups is 4. The highest BCUT2D eigenvalue weighted by atomic mass is 16.6. The van der Waals surface area contributed by atoms with E-state index in [1.807, 2.05) is 0 Å². The molecule has 6 nitrogen and oxygen atoms in total. The summed E-state index contributed by atoms with van der Waals surface area (Å²) in [4.78, 5) is 0. The van der Waals surface area contributed by atoms with Crippen LogP contribution in [0.5, 0.6) is 0 Å². The number of nitrogens with two attached hydrogens (primary N) is 1. The first-order valence-electron chi connectivity index (χ1n) is 4.09. The van der Waals surface area contributed by atoms with Gasteiger partial charge in [0, 0.05) is 13.0 Å². The Hall–Kier alpha value is -0.240. The molecule has 78 valence electrons. The Bertz CT molecular complexity index is 178. The van der Waals surface area contributed by atoms with Crippen molar-refractivity contribution in [3.63, 3.8) is 0 Å². The van der Waals surface area contributed by atoms with Crippen LogP contribution in [-0.2, 0) is 4.74 Å². The van der Waals surface area contributed by atoms with Gasteiger partial charge >= 0.3 is 0 Å². The number of rotatable bonds is 2. The van der Waals surface area contributed by atoms with Crippen molar-refractivity contribution < 1.29 is 25.2 Å². The SMILES string of the molecule is NC[C@@]1(O)C[C@@H](O)[C@H](O)[C@@H](CO)O1. The lowest BCUT2D eigenvalue weighted by atomic mass is 9.96. The minimum Gasteiger partial charge on any atom is -0.394 e. The first-order chi connectivity index (χ1) is 6.02. The van der Waals surface area contributed by atoms with Crippen LogP contribution in [0.25, 0.3) is 0 Å². The van der Waals surface area contributed by atoms with Gasteiger partial charge in [-0.3, -0.25) is 0 Å². The number of ether oxygens (including phenoxy) is 1. The van der Waals surface area contributed by atoms with E-state index in [1.54, 1.807) is 0 Å². The van der Waals surface area contributed by atoms with Gasteiger partial charge < -0.3 is 30.9 Å². The Morgan fingerprint density at radius 2 is 2.08 bits per heavy atom. The molecule has 0 bridgehead atoms. The molecule has 0 aromatic carbocycles. The fourth-order valence-corrected chi connectivity index (χ4v) is 1.37. The van der Waals surface area contributed by atoms with Gasteiger partial charge in [0.05, 0.1) is 12.7 Å². The van der Waals surface area contributed by atoms with Crippen molar-refractivity contribution in [2.24, 2.45) is 5.73 Å². The fourth-order valence-electron chi connectivity index (χ4n) is 1.37. The molecule has 0 radical (unpaired) electrons. The van der Waals surface area contributed by atoms with E-state index in [9.17, 15) is 15.3 Å². The minimum absolute atomic E-state index is 0.152. The summed E-state index contributed by atoms with van der Waals surface area (Å²) in [6, 6.07) is 0. The van der Waals surface area contributed by atoms with Crippen molar-refractivity contribution in [3.05, 3.63) is 0 Å². The van der Waals surface area contributed by atoms with Crippen LogP contribution in [-0.4, -0.2) is 57.7 Å². The molecule has 1 fully saturated rings. The third-order valence-corrected chi connectivity index (χ3v) is 2.17. The van der Waals surface area contributed by atoms with Crippen molar-refractivity contribution in [1.82, 2.24) is 0 Å². The maximum absolute atomic E-state index is 9.54. The van der Waals surface area contributed by atoms with Gasteiger partial charge in [-0.05, 0) is 0 Å². The van der Waals surface area contributed by atoms with E-state index in [2.05, 4.69) is 0 Å². The molecule has 1 heterocycles. The quantitative estimate of drug-likeness (QED) is 0.322. The van der Waals surface area contributed by atoms with Gasteiger partial charge in [-0.2, -0.15) is 0 Å². The molecular formula is C7H15NO5. The number of hydrogen-bond acceptors (Lipinski definition) is 6. The van der Waals surface area contributed by atoms with Gasteiger partial charge in [0.15, 0.2) is 5.79 Å². The lowest BCUT2D eigenvalue weighted by Crippen LogP contribution is -2.58. The zero-order chi connectivity index (χ0) is 10.1. The molecular weight excluding hydrogens is 178 g/mol. The molecule has 0 aromatic rings. The van der Waals surface area contributed by atoms with E-state index in [4.69, 9.17) is 15.6 Å². The second kappa shape index (κ2) is 3.87. The molecule has 0 unspecified atom stereocenters. The average Bonchev–Trinajstić information content (AvgIpc) is 2.11. The molecule has 0 aromatic heterocycles. The highest BCUT2D eigenvalue weighted by Crippen LogP contribution is 2.26. The molecule has 0 amide bonds. The second-order valence-corrected chi connectivity index (χ2v) is 3.25. The third-order valence-electron chi connectivity index (χ3n) is 2.17. The van der Waals surface area contributed by atoms with Crippen LogP contribution >= 0.6 is 0 Å². The Kier molecular flexibility index (Phi) is 3.23. The molecule has 6 N–H and O–H groups in total. The summed E-state index contributed by atoms with van der Waals surface area (Å²) in [5, 5.41) is 36.9. The predicted octanol–water partition coefficient (Wildman–Crippen LogP) is -2.86. The second-order valence-electron chi connectivity index (χ2n) is 3.25. The topological polar surface area (TPSA) is 116 Å². The van der Waals surface area contributed by atoms with Crippen LogP contribution in [0.15, 0.2) is 0 Å². The van der Waals surface area contributed by atoms with Gasteiger partial charge in [0.1, 0.15) is 12.2 Å². The van der Waals surface area contributed by atoms with E-state index in [1.165, 1.54) is 0 Å². The van der Waals surface area contributed by atoms with Crippen molar-refractivity contribution in [3.8, 4) is 0 Å². The summed E-state index contributed by atoms with van der Waals surface area (Å²) >= 11 is 0. The van der Waals surface area contributed by atoms with Crippen LogP contribution in [0.2, 0.25) is 0 Å². The first-order valence-corrected chi connectivity index (χ1v) is 4.09. The monoisotopic (exact) mass is 193 g/mol. The zero-order valence-corrected chi connectivity index (χ0v) is 7.13. The van der Waals surface area contributed by atoms with E-state index >= 15 is 0 Å². The van der Waals surface area contributed by atoms with Gasteiger partial charge in [0.2, 0.25) is 0 Å². The van der Waals surface area contributed by atoms with Crippen molar-refractivity contribution in [1.29, 1.82) is 0 Å². The molecule has 1 rings (SSSR count). The Morgan fingerprint density at radius 1 is 1.46 bits per heavy atom. The third kappa shape index (κ3) is 2.16. The smallest absolute Gasteiger partial charge is 0.181 e. The summed E-state index contributed by atoms with van der Waals surface area (Å²) in [6.45, 7) is -0.659. The van der Waals surface area contributed by atoms with Gasteiger partial charge in [-0.25, -0.2) is 0 Å². The van der Waals surface area contributed by atoms with E-state index in [0.29, 0.717) is 0 Å². The lowest BCUT2D eigenvalue weighted by Gasteiger charge is -2.41. The van der Waals surface area contributed by atoms with E-state index < -0.39 is 30.7 Å². The summed E-state index contributed by atoms with van der Waals surface area (Å²) < 4.78 is 4.93. The summed E-state index contributed by atoms with van der Waals surface area (Å²) in [5.74, 6) is -1.65. The van der Waals surface area contributed by atoms with Crippen LogP contribution in [0.3, 0.4) is 0 Å². The molecule has 13 heavy (non-hydrogen) atoms. The van der Waals surface area contributed by atoms with Crippen molar-refractivity contribution in [2.45, 2.75) is 30.5 Å².